The molecular formula is C15H22F3NO5S. The molecule has 0 saturated heterocycles. The summed E-state index contributed by atoms with van der Waals surface area (Å²) in [6.07, 6.45) is -4.83. The second-order valence-electron chi connectivity index (χ2n) is 4.82. The predicted molar refractivity (Wildman–Crippen MR) is 84.9 cm³/mol. The van der Waals surface area contributed by atoms with Crippen LogP contribution >= 0.6 is 0 Å². The van der Waals surface area contributed by atoms with Crippen LogP contribution in [0.2, 0.25) is 0 Å². The number of hydrogen-bond acceptors (Lipinski definition) is 5. The van der Waals surface area contributed by atoms with Crippen LogP contribution in [0.1, 0.15) is 13.8 Å². The standard InChI is InChI=1S/C15H22F3NO5S/c1-3-22-11-9-19(10-12-23-4-2)25(20,21)14-7-5-13(6-8-14)24-15(16,17)18/h5-8H,3-4,9-12H2,1-2H3. The summed E-state index contributed by atoms with van der Waals surface area (Å²) < 4.78 is 77.1. The van der Waals surface area contributed by atoms with Crippen molar-refractivity contribution in [3.8, 4) is 5.75 Å². The number of sulfonamides is 1. The van der Waals surface area contributed by atoms with Crippen molar-refractivity contribution in [3.05, 3.63) is 24.3 Å². The van der Waals surface area contributed by atoms with Crippen molar-refractivity contribution in [2.24, 2.45) is 0 Å². The van der Waals surface area contributed by atoms with Crippen molar-refractivity contribution in [3.63, 3.8) is 0 Å². The first kappa shape index (κ1) is 21.7. The zero-order valence-corrected chi connectivity index (χ0v) is 14.9. The van der Waals surface area contributed by atoms with E-state index in [2.05, 4.69) is 4.74 Å². The van der Waals surface area contributed by atoms with Gasteiger partial charge < -0.3 is 14.2 Å². The zero-order chi connectivity index (χ0) is 18.9. The maximum absolute atomic E-state index is 12.7. The van der Waals surface area contributed by atoms with Gasteiger partial charge in [0.05, 0.1) is 18.1 Å². The Labute approximate surface area is 145 Å². The van der Waals surface area contributed by atoms with Gasteiger partial charge in [0.2, 0.25) is 10.0 Å². The highest BCUT2D eigenvalue weighted by atomic mass is 32.2. The number of halogens is 3. The van der Waals surface area contributed by atoms with Crippen molar-refractivity contribution >= 4 is 10.0 Å². The van der Waals surface area contributed by atoms with Crippen molar-refractivity contribution in [2.75, 3.05) is 39.5 Å². The van der Waals surface area contributed by atoms with E-state index < -0.39 is 22.1 Å². The van der Waals surface area contributed by atoms with Crippen LogP contribution in [0.5, 0.6) is 5.75 Å². The lowest BCUT2D eigenvalue weighted by molar-refractivity contribution is -0.274. The minimum absolute atomic E-state index is 0.115. The highest BCUT2D eigenvalue weighted by Gasteiger charge is 2.31. The highest BCUT2D eigenvalue weighted by molar-refractivity contribution is 7.89. The molecule has 0 aromatic heterocycles. The topological polar surface area (TPSA) is 65.1 Å². The van der Waals surface area contributed by atoms with Crippen LogP contribution in [0.4, 0.5) is 13.2 Å². The Bertz CT molecular complexity index is 595. The molecule has 0 saturated carbocycles. The number of rotatable bonds is 11. The number of alkyl halides is 3. The Morgan fingerprint density at radius 2 is 1.44 bits per heavy atom. The number of benzene rings is 1. The first-order valence-electron chi connectivity index (χ1n) is 7.72. The first-order chi connectivity index (χ1) is 11.7. The van der Waals surface area contributed by atoms with Gasteiger partial charge in [-0.05, 0) is 38.1 Å². The Hall–Kier alpha value is -1.36. The predicted octanol–water partition coefficient (Wildman–Crippen LogP) is 2.65. The minimum atomic E-state index is -4.83. The molecule has 0 bridgehead atoms. The molecule has 0 radical (unpaired) electrons. The van der Waals surface area contributed by atoms with Crippen molar-refractivity contribution < 1.29 is 35.8 Å². The lowest BCUT2D eigenvalue weighted by atomic mass is 10.3. The van der Waals surface area contributed by atoms with E-state index >= 15 is 0 Å². The lowest BCUT2D eigenvalue weighted by Gasteiger charge is -2.22. The molecule has 0 heterocycles. The molecule has 1 aromatic carbocycles. The van der Waals surface area contributed by atoms with E-state index in [4.69, 9.17) is 9.47 Å². The zero-order valence-electron chi connectivity index (χ0n) is 14.1. The van der Waals surface area contributed by atoms with Crippen molar-refractivity contribution in [2.45, 2.75) is 25.1 Å². The SMILES string of the molecule is CCOCCN(CCOCC)S(=O)(=O)c1ccc(OC(F)(F)F)cc1. The molecule has 0 atom stereocenters. The van der Waals surface area contributed by atoms with Crippen LogP contribution < -0.4 is 4.74 Å². The summed E-state index contributed by atoms with van der Waals surface area (Å²) in [5.74, 6) is -0.485. The molecular weight excluding hydrogens is 363 g/mol. The summed E-state index contributed by atoms with van der Waals surface area (Å²) >= 11 is 0. The largest absolute Gasteiger partial charge is 0.573 e. The van der Waals surface area contributed by atoms with Gasteiger partial charge in [-0.3, -0.25) is 0 Å². The van der Waals surface area contributed by atoms with Gasteiger partial charge in [-0.15, -0.1) is 13.2 Å². The van der Waals surface area contributed by atoms with E-state index in [1.807, 2.05) is 0 Å². The molecule has 6 nitrogen and oxygen atoms in total. The van der Waals surface area contributed by atoms with E-state index in [0.717, 1.165) is 24.3 Å². The third-order valence-electron chi connectivity index (χ3n) is 3.07. The molecule has 0 fully saturated rings. The molecule has 25 heavy (non-hydrogen) atoms. The molecule has 0 N–H and O–H groups in total. The number of nitrogens with zero attached hydrogens (tertiary/aromatic N) is 1. The molecule has 0 aliphatic rings. The van der Waals surface area contributed by atoms with E-state index in [0.29, 0.717) is 13.2 Å². The second kappa shape index (κ2) is 9.95. The molecule has 0 unspecified atom stereocenters. The van der Waals surface area contributed by atoms with Crippen molar-refractivity contribution in [1.82, 2.24) is 4.31 Å². The van der Waals surface area contributed by atoms with Crippen LogP contribution in [-0.4, -0.2) is 58.6 Å². The van der Waals surface area contributed by atoms with Crippen LogP contribution in [0.3, 0.4) is 0 Å². The van der Waals surface area contributed by atoms with Gasteiger partial charge >= 0.3 is 6.36 Å². The monoisotopic (exact) mass is 385 g/mol. The normalized spacial score (nSPS) is 12.6. The van der Waals surface area contributed by atoms with Crippen LogP contribution in [0.15, 0.2) is 29.2 Å². The molecule has 0 amide bonds. The summed E-state index contributed by atoms with van der Waals surface area (Å²) in [4.78, 5) is -0.130. The molecule has 0 spiro atoms. The average Bonchev–Trinajstić information content (AvgIpc) is 2.52. The van der Waals surface area contributed by atoms with Crippen LogP contribution in [0.25, 0.3) is 0 Å². The molecule has 0 aliphatic heterocycles. The van der Waals surface area contributed by atoms with Gasteiger partial charge in [0.25, 0.3) is 0 Å². The molecule has 1 rings (SSSR count). The van der Waals surface area contributed by atoms with Crippen LogP contribution in [0, 0.1) is 0 Å². The number of hydrogen-bond donors (Lipinski definition) is 0. The fraction of sp³-hybridized carbons (Fsp3) is 0.600. The van der Waals surface area contributed by atoms with E-state index in [-0.39, 0.29) is 31.2 Å². The second-order valence-corrected chi connectivity index (χ2v) is 6.76. The minimum Gasteiger partial charge on any atom is -0.406 e. The fourth-order valence-corrected chi connectivity index (χ4v) is 3.34. The smallest absolute Gasteiger partial charge is 0.406 e. The van der Waals surface area contributed by atoms with Gasteiger partial charge in [0, 0.05) is 26.3 Å². The van der Waals surface area contributed by atoms with E-state index in [1.54, 1.807) is 13.8 Å². The molecule has 0 aliphatic carbocycles. The lowest BCUT2D eigenvalue weighted by Crippen LogP contribution is -2.36. The quantitative estimate of drug-likeness (QED) is 0.548. The van der Waals surface area contributed by atoms with Gasteiger partial charge in [-0.1, -0.05) is 0 Å². The highest BCUT2D eigenvalue weighted by Crippen LogP contribution is 2.25. The Balaban J connectivity index is 2.90. The Morgan fingerprint density at radius 3 is 1.84 bits per heavy atom. The third-order valence-corrected chi connectivity index (χ3v) is 4.99. The van der Waals surface area contributed by atoms with E-state index in [9.17, 15) is 21.6 Å². The third kappa shape index (κ3) is 7.59. The Kier molecular flexibility index (Phi) is 8.63. The summed E-state index contributed by atoms with van der Waals surface area (Å²) in [6.45, 7) is 5.12. The maximum Gasteiger partial charge on any atom is 0.573 e. The Morgan fingerprint density at radius 1 is 0.960 bits per heavy atom. The van der Waals surface area contributed by atoms with Gasteiger partial charge in [0.1, 0.15) is 5.75 Å². The first-order valence-corrected chi connectivity index (χ1v) is 9.16. The van der Waals surface area contributed by atoms with Gasteiger partial charge in [-0.2, -0.15) is 4.31 Å². The molecule has 144 valence electrons. The number of ether oxygens (including phenoxy) is 3. The van der Waals surface area contributed by atoms with E-state index in [1.165, 1.54) is 4.31 Å². The summed E-state index contributed by atoms with van der Waals surface area (Å²) in [5.41, 5.74) is 0. The maximum atomic E-state index is 12.7. The van der Waals surface area contributed by atoms with Gasteiger partial charge in [-0.25, -0.2) is 8.42 Å². The fourth-order valence-electron chi connectivity index (χ4n) is 1.94. The van der Waals surface area contributed by atoms with Crippen molar-refractivity contribution in [1.29, 1.82) is 0 Å². The molecule has 1 aromatic rings. The summed E-state index contributed by atoms with van der Waals surface area (Å²) in [7, 11) is -3.89. The summed E-state index contributed by atoms with van der Waals surface area (Å²) in [5, 5.41) is 0. The summed E-state index contributed by atoms with van der Waals surface area (Å²) in [6, 6.07) is 4.07. The average molecular weight is 385 g/mol. The van der Waals surface area contributed by atoms with Crippen LogP contribution in [-0.2, 0) is 19.5 Å². The van der Waals surface area contributed by atoms with Gasteiger partial charge in [0.15, 0.2) is 0 Å². The molecule has 10 heteroatoms.